The molecule has 1 saturated heterocycles. The number of carbonyl (C=O) groups excluding carboxylic acids is 1. The van der Waals surface area contributed by atoms with Crippen molar-refractivity contribution < 1.29 is 9.53 Å². The van der Waals surface area contributed by atoms with E-state index in [0.717, 1.165) is 49.6 Å². The number of benzene rings is 3. The van der Waals surface area contributed by atoms with Crippen molar-refractivity contribution in [3.8, 4) is 22.9 Å². The maximum atomic E-state index is 13.3. The van der Waals surface area contributed by atoms with Crippen LogP contribution in [-0.4, -0.2) is 33.4 Å². The van der Waals surface area contributed by atoms with E-state index in [9.17, 15) is 4.79 Å². The molecule has 166 valence electrons. The van der Waals surface area contributed by atoms with Gasteiger partial charge < -0.3 is 14.2 Å². The molecule has 0 N–H and O–H groups in total. The molecule has 3 aromatic carbocycles. The fourth-order valence-corrected chi connectivity index (χ4v) is 4.42. The van der Waals surface area contributed by atoms with E-state index >= 15 is 0 Å². The number of amides is 1. The van der Waals surface area contributed by atoms with Crippen LogP contribution in [0.2, 0.25) is 0 Å². The van der Waals surface area contributed by atoms with E-state index in [1.54, 1.807) is 0 Å². The van der Waals surface area contributed by atoms with Gasteiger partial charge in [-0.25, -0.2) is 4.98 Å². The Labute approximate surface area is 194 Å². The molecule has 5 rings (SSSR count). The summed E-state index contributed by atoms with van der Waals surface area (Å²) in [6.45, 7) is 2.41. The summed E-state index contributed by atoms with van der Waals surface area (Å²) >= 11 is 0. The van der Waals surface area contributed by atoms with Crippen molar-refractivity contribution in [1.82, 2.24) is 14.5 Å². The minimum atomic E-state index is 0.0348. The Morgan fingerprint density at radius 3 is 2.30 bits per heavy atom. The highest BCUT2D eigenvalue weighted by Gasteiger charge is 2.26. The first-order valence-corrected chi connectivity index (χ1v) is 11.5. The van der Waals surface area contributed by atoms with Crippen molar-refractivity contribution in [2.75, 3.05) is 13.1 Å². The standard InChI is InChI=1S/C28H27N3O2/c32-28(25-13-7-8-14-26(25)33-24-11-5-2-6-12-24)30-18-15-22(16-19-30)21-31-20-17-29-27(31)23-9-3-1-4-10-23/h1-14,17,20,22H,15-16,18-19,21H2. The first kappa shape index (κ1) is 21.0. The van der Waals surface area contributed by atoms with Gasteiger partial charge in [0.25, 0.3) is 5.91 Å². The number of imidazole rings is 1. The SMILES string of the molecule is O=C(c1ccccc1Oc1ccccc1)N1CCC(Cn2ccnc2-c2ccccc2)CC1. The van der Waals surface area contributed by atoms with Crippen LogP contribution >= 0.6 is 0 Å². The van der Waals surface area contributed by atoms with Crippen molar-refractivity contribution in [3.05, 3.63) is 103 Å². The molecule has 0 saturated carbocycles. The molecule has 0 aliphatic carbocycles. The summed E-state index contributed by atoms with van der Waals surface area (Å²) in [5, 5.41) is 0. The van der Waals surface area contributed by atoms with Crippen LogP contribution in [0.1, 0.15) is 23.2 Å². The molecule has 5 heteroatoms. The topological polar surface area (TPSA) is 47.4 Å². The van der Waals surface area contributed by atoms with Crippen LogP contribution in [0.3, 0.4) is 0 Å². The van der Waals surface area contributed by atoms with Crippen LogP contribution in [-0.2, 0) is 6.54 Å². The number of hydrogen-bond acceptors (Lipinski definition) is 3. The molecule has 0 unspecified atom stereocenters. The van der Waals surface area contributed by atoms with Gasteiger partial charge >= 0.3 is 0 Å². The van der Waals surface area contributed by atoms with E-state index in [1.807, 2.05) is 83.9 Å². The maximum absolute atomic E-state index is 13.3. The lowest BCUT2D eigenvalue weighted by molar-refractivity contribution is 0.0680. The quantitative estimate of drug-likeness (QED) is 0.378. The number of nitrogens with zero attached hydrogens (tertiary/aromatic N) is 3. The maximum Gasteiger partial charge on any atom is 0.257 e. The summed E-state index contributed by atoms with van der Waals surface area (Å²) in [5.41, 5.74) is 1.74. The predicted molar refractivity (Wildman–Crippen MR) is 129 cm³/mol. The van der Waals surface area contributed by atoms with Crippen LogP contribution in [0.4, 0.5) is 0 Å². The largest absolute Gasteiger partial charge is 0.457 e. The number of aromatic nitrogens is 2. The van der Waals surface area contributed by atoms with Gasteiger partial charge in [0.05, 0.1) is 5.56 Å². The molecule has 1 amide bonds. The van der Waals surface area contributed by atoms with E-state index in [-0.39, 0.29) is 5.91 Å². The first-order valence-electron chi connectivity index (χ1n) is 11.5. The van der Waals surface area contributed by atoms with Crippen LogP contribution in [0, 0.1) is 5.92 Å². The summed E-state index contributed by atoms with van der Waals surface area (Å²) in [6, 6.07) is 27.4. The monoisotopic (exact) mass is 437 g/mol. The smallest absolute Gasteiger partial charge is 0.257 e. The molecule has 4 aromatic rings. The van der Waals surface area contributed by atoms with Gasteiger partial charge in [-0.1, -0.05) is 60.7 Å². The summed E-state index contributed by atoms with van der Waals surface area (Å²) in [6.07, 6.45) is 5.86. The van der Waals surface area contributed by atoms with Gasteiger partial charge in [0, 0.05) is 37.6 Å². The highest BCUT2D eigenvalue weighted by molar-refractivity contribution is 5.97. The van der Waals surface area contributed by atoms with Crippen molar-refractivity contribution in [2.24, 2.45) is 5.92 Å². The fourth-order valence-electron chi connectivity index (χ4n) is 4.42. The first-order chi connectivity index (χ1) is 16.3. The van der Waals surface area contributed by atoms with Crippen molar-refractivity contribution >= 4 is 5.91 Å². The molecule has 1 fully saturated rings. The Hall–Kier alpha value is -3.86. The minimum Gasteiger partial charge on any atom is -0.457 e. The van der Waals surface area contributed by atoms with Gasteiger partial charge in [-0.2, -0.15) is 0 Å². The lowest BCUT2D eigenvalue weighted by Gasteiger charge is -2.32. The van der Waals surface area contributed by atoms with E-state index in [0.29, 0.717) is 17.2 Å². The average molecular weight is 438 g/mol. The molecule has 0 atom stereocenters. The van der Waals surface area contributed by atoms with Crippen LogP contribution < -0.4 is 4.74 Å². The number of likely N-dealkylation sites (tertiary alicyclic amines) is 1. The number of hydrogen-bond donors (Lipinski definition) is 0. The average Bonchev–Trinajstić information content (AvgIpc) is 3.34. The summed E-state index contributed by atoms with van der Waals surface area (Å²) < 4.78 is 8.25. The van der Waals surface area contributed by atoms with Gasteiger partial charge in [-0.05, 0) is 43.0 Å². The van der Waals surface area contributed by atoms with E-state index in [4.69, 9.17) is 4.74 Å². The van der Waals surface area contributed by atoms with Crippen molar-refractivity contribution in [3.63, 3.8) is 0 Å². The molecule has 5 nitrogen and oxygen atoms in total. The summed E-state index contributed by atoms with van der Waals surface area (Å²) in [7, 11) is 0. The fraction of sp³-hybridized carbons (Fsp3) is 0.214. The summed E-state index contributed by atoms with van der Waals surface area (Å²) in [4.78, 5) is 19.8. The third kappa shape index (κ3) is 4.82. The van der Waals surface area contributed by atoms with Gasteiger partial charge in [-0.15, -0.1) is 0 Å². The summed E-state index contributed by atoms with van der Waals surface area (Å²) in [5.74, 6) is 2.88. The van der Waals surface area contributed by atoms with E-state index < -0.39 is 0 Å². The molecule has 2 heterocycles. The highest BCUT2D eigenvalue weighted by atomic mass is 16.5. The number of ether oxygens (including phenoxy) is 1. The molecular formula is C28H27N3O2. The van der Waals surface area contributed by atoms with E-state index in [1.165, 1.54) is 0 Å². The lowest BCUT2D eigenvalue weighted by Crippen LogP contribution is -2.39. The lowest BCUT2D eigenvalue weighted by atomic mass is 9.96. The molecule has 1 aliphatic heterocycles. The zero-order valence-corrected chi connectivity index (χ0v) is 18.5. The normalized spacial score (nSPS) is 14.2. The Morgan fingerprint density at radius 1 is 0.879 bits per heavy atom. The van der Waals surface area contributed by atoms with Gasteiger partial charge in [0.15, 0.2) is 0 Å². The molecule has 33 heavy (non-hydrogen) atoms. The van der Waals surface area contributed by atoms with Crippen LogP contribution in [0.5, 0.6) is 11.5 Å². The second-order valence-corrected chi connectivity index (χ2v) is 8.42. The van der Waals surface area contributed by atoms with Gasteiger partial charge in [0.2, 0.25) is 0 Å². The number of rotatable bonds is 6. The Bertz CT molecular complexity index is 1200. The second kappa shape index (κ2) is 9.74. The van der Waals surface area contributed by atoms with E-state index in [2.05, 4.69) is 27.9 Å². The Balaban J connectivity index is 1.23. The zero-order valence-electron chi connectivity index (χ0n) is 18.5. The molecular weight excluding hydrogens is 410 g/mol. The number of para-hydroxylation sites is 2. The second-order valence-electron chi connectivity index (χ2n) is 8.42. The number of carbonyl (C=O) groups is 1. The highest BCUT2D eigenvalue weighted by Crippen LogP contribution is 2.28. The third-order valence-corrected chi connectivity index (χ3v) is 6.19. The van der Waals surface area contributed by atoms with Crippen LogP contribution in [0.15, 0.2) is 97.3 Å². The zero-order chi connectivity index (χ0) is 22.5. The van der Waals surface area contributed by atoms with Gasteiger partial charge in [-0.3, -0.25) is 4.79 Å². The molecule has 0 bridgehead atoms. The molecule has 0 radical (unpaired) electrons. The van der Waals surface area contributed by atoms with Gasteiger partial charge in [0.1, 0.15) is 17.3 Å². The van der Waals surface area contributed by atoms with Crippen LogP contribution in [0.25, 0.3) is 11.4 Å². The van der Waals surface area contributed by atoms with Crippen molar-refractivity contribution in [1.29, 1.82) is 0 Å². The minimum absolute atomic E-state index is 0.0348. The molecule has 0 spiro atoms. The predicted octanol–water partition coefficient (Wildman–Crippen LogP) is 5.89. The van der Waals surface area contributed by atoms with Crippen molar-refractivity contribution in [2.45, 2.75) is 19.4 Å². The number of piperidine rings is 1. The molecule has 1 aromatic heterocycles. The third-order valence-electron chi connectivity index (χ3n) is 6.19. The Kier molecular flexibility index (Phi) is 6.20. The molecule has 1 aliphatic rings. The Morgan fingerprint density at radius 2 is 1.55 bits per heavy atom.